The van der Waals surface area contributed by atoms with E-state index in [1.165, 1.54) is 50.6 Å². The molecule has 8 nitrogen and oxygen atoms in total. The van der Waals surface area contributed by atoms with Gasteiger partial charge < -0.3 is 14.8 Å². The van der Waals surface area contributed by atoms with E-state index in [1.807, 2.05) is 0 Å². The number of benzene rings is 2. The lowest BCUT2D eigenvalue weighted by molar-refractivity contribution is -0.114. The molecule has 0 saturated heterocycles. The number of hydrogen-bond acceptors (Lipinski definition) is 6. The molecule has 2 aromatic carbocycles. The minimum Gasteiger partial charge on any atom is -0.495 e. The molecule has 164 valence electrons. The molecule has 0 aromatic heterocycles. The van der Waals surface area contributed by atoms with Gasteiger partial charge >= 0.3 is 0 Å². The summed E-state index contributed by atoms with van der Waals surface area (Å²) in [4.78, 5) is 16.4. The van der Waals surface area contributed by atoms with Crippen molar-refractivity contribution in [3.8, 4) is 11.5 Å². The lowest BCUT2D eigenvalue weighted by atomic mass is 10.1. The fraction of sp³-hybridized carbons (Fsp3) is 0.200. The highest BCUT2D eigenvalue weighted by molar-refractivity contribution is 8.00. The van der Waals surface area contributed by atoms with Crippen molar-refractivity contribution in [3.05, 3.63) is 58.4 Å². The van der Waals surface area contributed by atoms with Crippen LogP contribution in [0.4, 0.5) is 10.1 Å². The minimum absolute atomic E-state index is 0.0183. The number of amidine groups is 1. The Morgan fingerprint density at radius 2 is 1.81 bits per heavy atom. The van der Waals surface area contributed by atoms with Crippen LogP contribution in [0.25, 0.3) is 4.91 Å². The molecule has 0 aliphatic carbocycles. The first-order valence-corrected chi connectivity index (χ1v) is 10.8. The number of amides is 1. The van der Waals surface area contributed by atoms with Gasteiger partial charge in [0.2, 0.25) is 5.91 Å². The first kappa shape index (κ1) is 22.6. The third kappa shape index (κ3) is 4.80. The van der Waals surface area contributed by atoms with E-state index in [0.717, 1.165) is 0 Å². The van der Waals surface area contributed by atoms with E-state index < -0.39 is 21.7 Å². The zero-order valence-electron chi connectivity index (χ0n) is 16.8. The Hall–Kier alpha value is -3.11. The Labute approximate surface area is 183 Å². The van der Waals surface area contributed by atoms with E-state index in [1.54, 1.807) is 6.92 Å². The molecule has 0 atom stereocenters. The molecule has 0 fully saturated rings. The number of aliphatic imine (C=N–C) groups is 1. The second-order valence-electron chi connectivity index (χ2n) is 6.47. The lowest BCUT2D eigenvalue weighted by Gasteiger charge is -2.12. The summed E-state index contributed by atoms with van der Waals surface area (Å²) in [5.41, 5.74) is 0.952. The summed E-state index contributed by atoms with van der Waals surface area (Å²) in [5.74, 6) is -0.252. The smallest absolute Gasteiger partial charge is 0.264 e. The van der Waals surface area contributed by atoms with Crippen LogP contribution in [0.1, 0.15) is 12.5 Å². The number of nitrogens with zero attached hydrogens (tertiary/aromatic N) is 1. The van der Waals surface area contributed by atoms with Crippen molar-refractivity contribution in [1.82, 2.24) is 4.72 Å². The maximum Gasteiger partial charge on any atom is 0.264 e. The standard InChI is InChI=1S/C20H19ClFN3O5S/c1-11-19(12-4-6-13(22)7-5-12)31(27,28)25-20(11)23-10-18(26)24-15-8-14(21)16(29-2)9-17(15)30-3/h4-9H,10H2,1-3H3,(H,23,25)(H,24,26). The van der Waals surface area contributed by atoms with Gasteiger partial charge in [0, 0.05) is 11.6 Å². The van der Waals surface area contributed by atoms with E-state index in [9.17, 15) is 17.6 Å². The third-order valence-corrected chi connectivity index (χ3v) is 6.27. The number of hydrogen-bond donors (Lipinski definition) is 2. The van der Waals surface area contributed by atoms with Crippen LogP contribution in [0.3, 0.4) is 0 Å². The van der Waals surface area contributed by atoms with Crippen molar-refractivity contribution in [3.63, 3.8) is 0 Å². The van der Waals surface area contributed by atoms with E-state index in [4.69, 9.17) is 21.1 Å². The van der Waals surface area contributed by atoms with Crippen molar-refractivity contribution < 1.29 is 27.1 Å². The molecule has 0 unspecified atom stereocenters. The van der Waals surface area contributed by atoms with Gasteiger partial charge in [-0.25, -0.2) is 12.8 Å². The molecule has 0 saturated carbocycles. The number of anilines is 1. The molecule has 3 rings (SSSR count). The summed E-state index contributed by atoms with van der Waals surface area (Å²) >= 11 is 6.09. The Morgan fingerprint density at radius 3 is 2.42 bits per heavy atom. The summed E-state index contributed by atoms with van der Waals surface area (Å²) in [6.07, 6.45) is 0. The Balaban J connectivity index is 1.81. The van der Waals surface area contributed by atoms with Crippen molar-refractivity contribution in [2.45, 2.75) is 6.92 Å². The molecule has 1 amide bonds. The number of methoxy groups -OCH3 is 2. The molecule has 1 aliphatic rings. The highest BCUT2D eigenvalue weighted by Gasteiger charge is 2.32. The van der Waals surface area contributed by atoms with Crippen LogP contribution in [0, 0.1) is 5.82 Å². The topological polar surface area (TPSA) is 106 Å². The summed E-state index contributed by atoms with van der Waals surface area (Å²) in [5, 5.41) is 2.89. The van der Waals surface area contributed by atoms with Gasteiger partial charge in [-0.1, -0.05) is 23.7 Å². The van der Waals surface area contributed by atoms with Gasteiger partial charge in [0.25, 0.3) is 10.0 Å². The molecular formula is C20H19ClFN3O5S. The Morgan fingerprint density at radius 1 is 1.16 bits per heavy atom. The molecule has 2 N–H and O–H groups in total. The molecule has 11 heteroatoms. The first-order chi connectivity index (χ1) is 14.7. The van der Waals surface area contributed by atoms with Crippen LogP contribution in [0.15, 0.2) is 47.0 Å². The van der Waals surface area contributed by atoms with Gasteiger partial charge in [0.05, 0.1) is 24.9 Å². The highest BCUT2D eigenvalue weighted by Crippen LogP contribution is 2.36. The molecular weight excluding hydrogens is 449 g/mol. The van der Waals surface area contributed by atoms with Crippen LogP contribution >= 0.6 is 11.6 Å². The van der Waals surface area contributed by atoms with Crippen LogP contribution in [0.2, 0.25) is 5.02 Å². The lowest BCUT2D eigenvalue weighted by Crippen LogP contribution is -2.25. The number of halogens is 2. The average Bonchev–Trinajstić information content (AvgIpc) is 2.95. The third-order valence-electron chi connectivity index (χ3n) is 4.43. The minimum atomic E-state index is -3.89. The second-order valence-corrected chi connectivity index (χ2v) is 8.49. The van der Waals surface area contributed by atoms with Crippen LogP contribution in [-0.2, 0) is 14.8 Å². The number of ether oxygens (including phenoxy) is 2. The molecule has 0 spiro atoms. The number of sulfonamides is 1. The number of carbonyl (C=O) groups excluding carboxylic acids is 1. The van der Waals surface area contributed by atoms with Gasteiger partial charge in [-0.3, -0.25) is 14.5 Å². The second kappa shape index (κ2) is 8.94. The molecule has 31 heavy (non-hydrogen) atoms. The summed E-state index contributed by atoms with van der Waals surface area (Å²) < 4.78 is 50.8. The van der Waals surface area contributed by atoms with Crippen molar-refractivity contribution >= 4 is 44.0 Å². The van der Waals surface area contributed by atoms with Crippen molar-refractivity contribution in [2.75, 3.05) is 26.1 Å². The number of nitrogens with one attached hydrogen (secondary N) is 2. The molecule has 0 bridgehead atoms. The van der Waals surface area contributed by atoms with E-state index in [0.29, 0.717) is 28.3 Å². The summed E-state index contributed by atoms with van der Waals surface area (Å²) in [7, 11) is -1.01. The summed E-state index contributed by atoms with van der Waals surface area (Å²) in [6.45, 7) is 1.19. The largest absolute Gasteiger partial charge is 0.495 e. The quantitative estimate of drug-likeness (QED) is 0.678. The number of rotatable bonds is 6. The summed E-state index contributed by atoms with van der Waals surface area (Å²) in [6, 6.07) is 8.06. The van der Waals surface area contributed by atoms with Crippen molar-refractivity contribution in [2.24, 2.45) is 4.99 Å². The normalized spacial score (nSPS) is 16.2. The van der Waals surface area contributed by atoms with Gasteiger partial charge in [-0.05, 0) is 30.7 Å². The fourth-order valence-corrected chi connectivity index (χ4v) is 4.75. The van der Waals surface area contributed by atoms with Gasteiger partial charge in [-0.15, -0.1) is 0 Å². The van der Waals surface area contributed by atoms with Crippen LogP contribution in [-0.4, -0.2) is 40.9 Å². The predicted molar refractivity (Wildman–Crippen MR) is 117 cm³/mol. The van der Waals surface area contributed by atoms with E-state index in [2.05, 4.69) is 15.0 Å². The molecule has 0 radical (unpaired) electrons. The molecule has 1 heterocycles. The van der Waals surface area contributed by atoms with Gasteiger partial charge in [-0.2, -0.15) is 0 Å². The Kier molecular flexibility index (Phi) is 6.51. The molecule has 1 aliphatic heterocycles. The zero-order valence-corrected chi connectivity index (χ0v) is 18.4. The van der Waals surface area contributed by atoms with Crippen molar-refractivity contribution in [1.29, 1.82) is 0 Å². The maximum atomic E-state index is 13.2. The maximum absolute atomic E-state index is 13.2. The number of carbonyl (C=O) groups is 1. The van der Waals surface area contributed by atoms with Crippen LogP contribution < -0.4 is 19.5 Å². The monoisotopic (exact) mass is 467 g/mol. The SMILES string of the molecule is COc1cc(OC)c(NC(=O)CN=C2NS(=O)(=O)C(c3ccc(F)cc3)=C2C)cc1Cl. The van der Waals surface area contributed by atoms with Gasteiger partial charge in [0.1, 0.15) is 34.6 Å². The van der Waals surface area contributed by atoms with Gasteiger partial charge in [0.15, 0.2) is 0 Å². The molecule has 2 aromatic rings. The first-order valence-electron chi connectivity index (χ1n) is 8.92. The fourth-order valence-electron chi connectivity index (χ4n) is 2.99. The predicted octanol–water partition coefficient (Wildman–Crippen LogP) is 3.20. The van der Waals surface area contributed by atoms with Crippen LogP contribution in [0.5, 0.6) is 11.5 Å². The average molecular weight is 468 g/mol. The highest BCUT2D eigenvalue weighted by atomic mass is 35.5. The van der Waals surface area contributed by atoms with E-state index in [-0.39, 0.29) is 22.3 Å². The zero-order chi connectivity index (χ0) is 22.8. The van der Waals surface area contributed by atoms with E-state index >= 15 is 0 Å². The Bertz CT molecular complexity index is 1190.